The minimum Gasteiger partial charge on any atom is -0.465 e. The summed E-state index contributed by atoms with van der Waals surface area (Å²) < 4.78 is 44.8. The summed E-state index contributed by atoms with van der Waals surface area (Å²) in [7, 11) is 1.11. The fraction of sp³-hybridized carbons (Fsp3) is 0.400. The summed E-state index contributed by atoms with van der Waals surface area (Å²) in [5.41, 5.74) is 5.27. The van der Waals surface area contributed by atoms with E-state index in [4.69, 9.17) is 5.73 Å². The van der Waals surface area contributed by atoms with Crippen molar-refractivity contribution in [2.75, 3.05) is 7.11 Å². The van der Waals surface area contributed by atoms with Crippen LogP contribution in [-0.2, 0) is 11.3 Å². The standard InChI is InChI=1S/C10H11F3N2O3/c1-5-3-6(9(16)17-2)7(4-14)8(15-5)18-10(11,12)13/h3H,4,14H2,1-2H3. The maximum Gasteiger partial charge on any atom is 0.574 e. The first-order chi connectivity index (χ1) is 8.28. The number of pyridine rings is 1. The number of halogens is 3. The minimum absolute atomic E-state index is 0.0910. The van der Waals surface area contributed by atoms with Crippen LogP contribution >= 0.6 is 0 Å². The monoisotopic (exact) mass is 264 g/mol. The lowest BCUT2D eigenvalue weighted by Gasteiger charge is -2.14. The molecule has 1 aromatic rings. The number of nitrogens with two attached hydrogens (primary N) is 1. The SMILES string of the molecule is COC(=O)c1cc(C)nc(OC(F)(F)F)c1CN. The number of hydrogen-bond donors (Lipinski definition) is 1. The highest BCUT2D eigenvalue weighted by atomic mass is 19.4. The normalized spacial score (nSPS) is 11.2. The van der Waals surface area contributed by atoms with Crippen LogP contribution in [0.1, 0.15) is 21.6 Å². The predicted octanol–water partition coefficient (Wildman–Crippen LogP) is 1.53. The van der Waals surface area contributed by atoms with Crippen molar-refractivity contribution < 1.29 is 27.4 Å². The fourth-order valence-electron chi connectivity index (χ4n) is 1.35. The smallest absolute Gasteiger partial charge is 0.465 e. The number of aromatic nitrogens is 1. The molecule has 0 aliphatic rings. The van der Waals surface area contributed by atoms with Gasteiger partial charge < -0.3 is 15.2 Å². The van der Waals surface area contributed by atoms with Crippen LogP contribution in [0.3, 0.4) is 0 Å². The molecule has 1 rings (SSSR count). The summed E-state index contributed by atoms with van der Waals surface area (Å²) >= 11 is 0. The third-order valence-electron chi connectivity index (χ3n) is 2.04. The number of aryl methyl sites for hydroxylation is 1. The molecule has 0 unspecified atom stereocenters. The summed E-state index contributed by atoms with van der Waals surface area (Å²) in [6, 6.07) is 1.29. The molecule has 0 amide bonds. The Balaban J connectivity index is 3.33. The molecule has 18 heavy (non-hydrogen) atoms. The van der Waals surface area contributed by atoms with E-state index in [0.29, 0.717) is 0 Å². The number of rotatable bonds is 3. The molecule has 0 aromatic carbocycles. The molecule has 0 radical (unpaired) electrons. The molecular formula is C10H11F3N2O3. The van der Waals surface area contributed by atoms with Crippen LogP contribution < -0.4 is 10.5 Å². The van der Waals surface area contributed by atoms with Crippen LogP contribution in [0.25, 0.3) is 0 Å². The topological polar surface area (TPSA) is 74.4 Å². The van der Waals surface area contributed by atoms with Gasteiger partial charge in [0.1, 0.15) is 0 Å². The lowest BCUT2D eigenvalue weighted by Crippen LogP contribution is -2.21. The van der Waals surface area contributed by atoms with Crippen molar-refractivity contribution in [1.82, 2.24) is 4.98 Å². The molecule has 0 bridgehead atoms. The number of methoxy groups -OCH3 is 1. The van der Waals surface area contributed by atoms with Gasteiger partial charge in [-0.25, -0.2) is 9.78 Å². The number of carbonyl (C=O) groups is 1. The van der Waals surface area contributed by atoms with Crippen molar-refractivity contribution in [2.45, 2.75) is 19.8 Å². The van der Waals surface area contributed by atoms with E-state index in [1.807, 2.05) is 0 Å². The van der Waals surface area contributed by atoms with Crippen LogP contribution in [0.5, 0.6) is 5.88 Å². The zero-order valence-electron chi connectivity index (χ0n) is 9.67. The van der Waals surface area contributed by atoms with Gasteiger partial charge in [-0.15, -0.1) is 13.2 Å². The summed E-state index contributed by atoms with van der Waals surface area (Å²) in [4.78, 5) is 15.0. The van der Waals surface area contributed by atoms with E-state index in [1.165, 1.54) is 13.0 Å². The van der Waals surface area contributed by atoms with Gasteiger partial charge in [-0.2, -0.15) is 0 Å². The lowest BCUT2D eigenvalue weighted by atomic mass is 10.1. The number of nitrogens with zero attached hydrogens (tertiary/aromatic N) is 1. The van der Waals surface area contributed by atoms with E-state index < -0.39 is 18.2 Å². The third-order valence-corrected chi connectivity index (χ3v) is 2.04. The molecule has 100 valence electrons. The van der Waals surface area contributed by atoms with Crippen LogP contribution in [0.4, 0.5) is 13.2 Å². The Hall–Kier alpha value is -1.83. The van der Waals surface area contributed by atoms with Gasteiger partial charge in [0.15, 0.2) is 0 Å². The van der Waals surface area contributed by atoms with Crippen molar-refractivity contribution in [3.63, 3.8) is 0 Å². The maximum absolute atomic E-state index is 12.2. The summed E-state index contributed by atoms with van der Waals surface area (Å²) in [6.45, 7) is 1.10. The number of esters is 1. The summed E-state index contributed by atoms with van der Waals surface area (Å²) in [6.07, 6.45) is -4.90. The molecule has 8 heteroatoms. The van der Waals surface area contributed by atoms with E-state index in [0.717, 1.165) is 7.11 Å². The van der Waals surface area contributed by atoms with Crippen LogP contribution in [0, 0.1) is 6.92 Å². The Labute approximate surface area is 101 Å². The average molecular weight is 264 g/mol. The Kier molecular flexibility index (Phi) is 4.12. The van der Waals surface area contributed by atoms with Crippen molar-refractivity contribution in [1.29, 1.82) is 0 Å². The second kappa shape index (κ2) is 5.21. The van der Waals surface area contributed by atoms with Gasteiger partial charge in [0, 0.05) is 17.8 Å². The second-order valence-corrected chi connectivity index (χ2v) is 3.34. The molecule has 1 heterocycles. The van der Waals surface area contributed by atoms with E-state index in [9.17, 15) is 18.0 Å². The van der Waals surface area contributed by atoms with E-state index in [1.54, 1.807) is 0 Å². The quantitative estimate of drug-likeness (QED) is 0.838. The largest absolute Gasteiger partial charge is 0.574 e. The molecule has 0 saturated heterocycles. The Morgan fingerprint density at radius 2 is 2.11 bits per heavy atom. The zero-order valence-corrected chi connectivity index (χ0v) is 9.67. The molecule has 5 nitrogen and oxygen atoms in total. The van der Waals surface area contributed by atoms with Crippen molar-refractivity contribution in [3.8, 4) is 5.88 Å². The van der Waals surface area contributed by atoms with Crippen molar-refractivity contribution in [2.24, 2.45) is 5.73 Å². The minimum atomic E-state index is -4.90. The van der Waals surface area contributed by atoms with Crippen LogP contribution in [0.15, 0.2) is 6.07 Å². The molecule has 0 spiro atoms. The van der Waals surface area contributed by atoms with E-state index >= 15 is 0 Å². The fourth-order valence-corrected chi connectivity index (χ4v) is 1.35. The Morgan fingerprint density at radius 1 is 1.50 bits per heavy atom. The number of hydrogen-bond acceptors (Lipinski definition) is 5. The van der Waals surface area contributed by atoms with Gasteiger partial charge in [-0.05, 0) is 13.0 Å². The van der Waals surface area contributed by atoms with Gasteiger partial charge in [-0.3, -0.25) is 0 Å². The first kappa shape index (κ1) is 14.2. The first-order valence-corrected chi connectivity index (χ1v) is 4.83. The number of ether oxygens (including phenoxy) is 2. The van der Waals surface area contributed by atoms with Crippen LogP contribution in [0.2, 0.25) is 0 Å². The molecule has 1 aromatic heterocycles. The molecule has 0 fully saturated rings. The highest BCUT2D eigenvalue weighted by Crippen LogP contribution is 2.27. The van der Waals surface area contributed by atoms with Gasteiger partial charge >= 0.3 is 12.3 Å². The zero-order chi connectivity index (χ0) is 13.9. The molecule has 0 atom stereocenters. The Morgan fingerprint density at radius 3 is 2.56 bits per heavy atom. The highest BCUT2D eigenvalue weighted by Gasteiger charge is 2.34. The van der Waals surface area contributed by atoms with Gasteiger partial charge in [-0.1, -0.05) is 0 Å². The van der Waals surface area contributed by atoms with E-state index in [-0.39, 0.29) is 23.4 Å². The number of alkyl halides is 3. The highest BCUT2D eigenvalue weighted by molar-refractivity contribution is 5.91. The number of carbonyl (C=O) groups excluding carboxylic acids is 1. The average Bonchev–Trinajstić information content (AvgIpc) is 2.25. The first-order valence-electron chi connectivity index (χ1n) is 4.83. The van der Waals surface area contributed by atoms with Gasteiger partial charge in [0.2, 0.25) is 5.88 Å². The van der Waals surface area contributed by atoms with Gasteiger partial charge in [0.25, 0.3) is 0 Å². The molecular weight excluding hydrogens is 253 g/mol. The predicted molar refractivity (Wildman–Crippen MR) is 54.9 cm³/mol. The van der Waals surface area contributed by atoms with Crippen LogP contribution in [-0.4, -0.2) is 24.4 Å². The maximum atomic E-state index is 12.2. The van der Waals surface area contributed by atoms with E-state index in [2.05, 4.69) is 14.5 Å². The third kappa shape index (κ3) is 3.33. The molecule has 2 N–H and O–H groups in total. The van der Waals surface area contributed by atoms with Crippen molar-refractivity contribution >= 4 is 5.97 Å². The Bertz CT molecular complexity index is 460. The summed E-state index contributed by atoms with van der Waals surface area (Å²) in [5, 5.41) is 0. The molecule has 0 aliphatic carbocycles. The van der Waals surface area contributed by atoms with Crippen molar-refractivity contribution in [3.05, 3.63) is 22.9 Å². The molecule has 0 saturated carbocycles. The second-order valence-electron chi connectivity index (χ2n) is 3.34. The lowest BCUT2D eigenvalue weighted by molar-refractivity contribution is -0.276. The molecule has 0 aliphatic heterocycles. The van der Waals surface area contributed by atoms with Gasteiger partial charge in [0.05, 0.1) is 12.7 Å². The summed E-state index contributed by atoms with van der Waals surface area (Å²) in [5.74, 6) is -1.53.